The predicted molar refractivity (Wildman–Crippen MR) is 82.5 cm³/mol. The van der Waals surface area contributed by atoms with E-state index >= 15 is 0 Å². The van der Waals surface area contributed by atoms with Crippen molar-refractivity contribution in [2.45, 2.75) is 42.9 Å². The van der Waals surface area contributed by atoms with Crippen LogP contribution >= 0.6 is 11.6 Å². The fraction of sp³-hybridized carbons (Fsp3) is 0.562. The van der Waals surface area contributed by atoms with Crippen LogP contribution in [0, 0.1) is 0 Å². The van der Waals surface area contributed by atoms with E-state index in [4.69, 9.17) is 21.4 Å². The molecule has 22 heavy (non-hydrogen) atoms. The molecule has 3 saturated carbocycles. The van der Waals surface area contributed by atoms with Crippen LogP contribution in [0.15, 0.2) is 24.3 Å². The maximum Gasteiger partial charge on any atom is 0.405 e. The molecule has 1 aromatic carbocycles. The minimum Gasteiger partial charge on any atom is -0.489 e. The van der Waals surface area contributed by atoms with Crippen molar-refractivity contribution < 1.29 is 14.6 Å². The third-order valence-corrected chi connectivity index (χ3v) is 5.56. The fourth-order valence-corrected chi connectivity index (χ4v) is 4.52. The van der Waals surface area contributed by atoms with Crippen LogP contribution in [-0.4, -0.2) is 46.4 Å². The molecular formula is C16H19ClN2O3. The lowest BCUT2D eigenvalue weighted by atomic mass is 9.43. The Morgan fingerprint density at radius 2 is 2.00 bits per heavy atom. The zero-order valence-electron chi connectivity index (χ0n) is 12.2. The number of likely N-dealkylation sites (tertiary alicyclic amines) is 1. The Bertz CT molecular complexity index is 584. The molecule has 1 heterocycles. The topological polar surface area (TPSA) is 61.8 Å². The van der Waals surface area contributed by atoms with Crippen molar-refractivity contribution >= 4 is 17.7 Å². The molecule has 2 bridgehead atoms. The standard InChI is InChI=1S/C16H19ClN2O3/c17-11-1-3-12(4-2-11)22-13-5-6-19(7-13)16-8-15(9-16,10-16)18-14(20)21/h1-4,13,18H,5-10H2,(H,20,21). The number of ether oxygens (including phenoxy) is 1. The van der Waals surface area contributed by atoms with E-state index in [-0.39, 0.29) is 17.2 Å². The summed E-state index contributed by atoms with van der Waals surface area (Å²) in [4.78, 5) is 13.3. The van der Waals surface area contributed by atoms with Gasteiger partial charge in [-0.25, -0.2) is 4.79 Å². The Balaban J connectivity index is 1.31. The quantitative estimate of drug-likeness (QED) is 0.894. The second-order valence-electron chi connectivity index (χ2n) is 6.89. The number of hydrogen-bond donors (Lipinski definition) is 2. The molecule has 1 atom stereocenters. The largest absolute Gasteiger partial charge is 0.489 e. The monoisotopic (exact) mass is 322 g/mol. The number of hydrogen-bond acceptors (Lipinski definition) is 3. The molecule has 6 heteroatoms. The van der Waals surface area contributed by atoms with Gasteiger partial charge in [0, 0.05) is 29.2 Å². The van der Waals surface area contributed by atoms with E-state index in [1.165, 1.54) is 0 Å². The molecule has 5 nitrogen and oxygen atoms in total. The van der Waals surface area contributed by atoms with Gasteiger partial charge in [0.1, 0.15) is 11.9 Å². The van der Waals surface area contributed by atoms with E-state index < -0.39 is 6.09 Å². The Labute approximate surface area is 134 Å². The number of benzene rings is 1. The molecule has 2 N–H and O–H groups in total. The summed E-state index contributed by atoms with van der Waals surface area (Å²) >= 11 is 5.88. The van der Waals surface area contributed by atoms with E-state index in [0.29, 0.717) is 5.02 Å². The van der Waals surface area contributed by atoms with Crippen molar-refractivity contribution in [3.63, 3.8) is 0 Å². The van der Waals surface area contributed by atoms with Crippen LogP contribution in [0.2, 0.25) is 5.02 Å². The van der Waals surface area contributed by atoms with Crippen LogP contribution in [-0.2, 0) is 0 Å². The van der Waals surface area contributed by atoms with Gasteiger partial charge >= 0.3 is 6.09 Å². The number of nitrogens with zero attached hydrogens (tertiary/aromatic N) is 1. The number of carboxylic acid groups (broad SMARTS) is 1. The Morgan fingerprint density at radius 3 is 2.64 bits per heavy atom. The highest BCUT2D eigenvalue weighted by Crippen LogP contribution is 2.64. The van der Waals surface area contributed by atoms with Crippen LogP contribution in [0.4, 0.5) is 4.79 Å². The van der Waals surface area contributed by atoms with Crippen LogP contribution in [0.25, 0.3) is 0 Å². The molecular weight excluding hydrogens is 304 g/mol. The Hall–Kier alpha value is -1.46. The van der Waals surface area contributed by atoms with Gasteiger partial charge in [-0.1, -0.05) is 11.6 Å². The molecule has 4 aliphatic rings. The van der Waals surface area contributed by atoms with E-state index in [2.05, 4.69) is 10.2 Å². The van der Waals surface area contributed by atoms with Crippen molar-refractivity contribution in [2.75, 3.05) is 13.1 Å². The van der Waals surface area contributed by atoms with Crippen molar-refractivity contribution in [2.24, 2.45) is 0 Å². The van der Waals surface area contributed by atoms with Crippen LogP contribution in [0.5, 0.6) is 5.75 Å². The second-order valence-corrected chi connectivity index (χ2v) is 7.33. The van der Waals surface area contributed by atoms with E-state index in [9.17, 15) is 4.79 Å². The van der Waals surface area contributed by atoms with Gasteiger partial charge in [0.2, 0.25) is 0 Å². The van der Waals surface area contributed by atoms with Crippen molar-refractivity contribution in [3.8, 4) is 5.75 Å². The zero-order valence-corrected chi connectivity index (χ0v) is 13.0. The normalized spacial score (nSPS) is 36.3. The maximum absolute atomic E-state index is 10.8. The summed E-state index contributed by atoms with van der Waals surface area (Å²) in [5.74, 6) is 0.859. The lowest BCUT2D eigenvalue weighted by Gasteiger charge is -2.73. The molecule has 1 amide bonds. The first-order chi connectivity index (χ1) is 10.5. The molecule has 3 aliphatic carbocycles. The van der Waals surface area contributed by atoms with E-state index in [1.807, 2.05) is 24.3 Å². The number of rotatable bonds is 4. The molecule has 118 valence electrons. The lowest BCUT2D eigenvalue weighted by Crippen LogP contribution is -2.83. The zero-order chi connectivity index (χ0) is 15.4. The first-order valence-electron chi connectivity index (χ1n) is 7.67. The molecule has 1 aliphatic heterocycles. The summed E-state index contributed by atoms with van der Waals surface area (Å²) in [7, 11) is 0. The Morgan fingerprint density at radius 1 is 1.32 bits per heavy atom. The highest BCUT2D eigenvalue weighted by atomic mass is 35.5. The summed E-state index contributed by atoms with van der Waals surface area (Å²) in [6.07, 6.45) is 3.15. The second kappa shape index (κ2) is 4.77. The first kappa shape index (κ1) is 14.2. The van der Waals surface area contributed by atoms with Gasteiger partial charge in [0.15, 0.2) is 0 Å². The molecule has 0 aromatic heterocycles. The molecule has 5 rings (SSSR count). The van der Waals surface area contributed by atoms with Gasteiger partial charge in [0.05, 0.1) is 0 Å². The van der Waals surface area contributed by atoms with Crippen LogP contribution in [0.3, 0.4) is 0 Å². The SMILES string of the molecule is O=C(O)NC12CC(N3CCC(Oc4ccc(Cl)cc4)C3)(C1)C2. The molecule has 0 radical (unpaired) electrons. The summed E-state index contributed by atoms with van der Waals surface area (Å²) in [5.41, 5.74) is 0.0848. The minimum atomic E-state index is -0.904. The van der Waals surface area contributed by atoms with E-state index in [1.54, 1.807) is 0 Å². The summed E-state index contributed by atoms with van der Waals surface area (Å²) in [5, 5.41) is 12.2. The van der Waals surface area contributed by atoms with Gasteiger partial charge in [0.25, 0.3) is 0 Å². The Kier molecular flexibility index (Phi) is 3.07. The molecule has 1 aromatic rings. The van der Waals surface area contributed by atoms with Crippen LogP contribution in [0.1, 0.15) is 25.7 Å². The van der Waals surface area contributed by atoms with Crippen LogP contribution < -0.4 is 10.1 Å². The first-order valence-corrected chi connectivity index (χ1v) is 8.05. The van der Waals surface area contributed by atoms with Gasteiger partial charge in [-0.2, -0.15) is 0 Å². The number of amides is 1. The molecule has 4 fully saturated rings. The third-order valence-electron chi connectivity index (χ3n) is 5.31. The summed E-state index contributed by atoms with van der Waals surface area (Å²) in [6.45, 7) is 1.95. The summed E-state index contributed by atoms with van der Waals surface area (Å²) < 4.78 is 6.02. The number of nitrogens with one attached hydrogen (secondary N) is 1. The predicted octanol–water partition coefficient (Wildman–Crippen LogP) is 2.74. The lowest BCUT2D eigenvalue weighted by molar-refractivity contribution is -0.169. The van der Waals surface area contributed by atoms with Gasteiger partial charge < -0.3 is 15.2 Å². The average Bonchev–Trinajstić information content (AvgIpc) is 2.83. The number of halogens is 1. The molecule has 0 spiro atoms. The van der Waals surface area contributed by atoms with Gasteiger partial charge in [-0.3, -0.25) is 4.90 Å². The van der Waals surface area contributed by atoms with Gasteiger partial charge in [-0.15, -0.1) is 0 Å². The minimum absolute atomic E-state index is 0.138. The highest BCUT2D eigenvalue weighted by molar-refractivity contribution is 6.30. The maximum atomic E-state index is 10.8. The van der Waals surface area contributed by atoms with Gasteiger partial charge in [-0.05, 0) is 49.9 Å². The number of carbonyl (C=O) groups is 1. The van der Waals surface area contributed by atoms with Crippen molar-refractivity contribution in [1.82, 2.24) is 10.2 Å². The smallest absolute Gasteiger partial charge is 0.405 e. The summed E-state index contributed by atoms with van der Waals surface area (Å²) in [6, 6.07) is 7.48. The molecule has 1 unspecified atom stereocenters. The van der Waals surface area contributed by atoms with E-state index in [0.717, 1.165) is 44.5 Å². The van der Waals surface area contributed by atoms with Crippen molar-refractivity contribution in [1.29, 1.82) is 0 Å². The molecule has 1 saturated heterocycles. The van der Waals surface area contributed by atoms with Crippen molar-refractivity contribution in [3.05, 3.63) is 29.3 Å². The highest BCUT2D eigenvalue weighted by Gasteiger charge is 2.71. The average molecular weight is 323 g/mol. The fourth-order valence-electron chi connectivity index (χ4n) is 4.39. The third kappa shape index (κ3) is 2.23.